The molecule has 9 heteroatoms. The molecule has 2 heterocycles. The van der Waals surface area contributed by atoms with Crippen LogP contribution in [0.3, 0.4) is 0 Å². The lowest BCUT2D eigenvalue weighted by atomic mass is 10.1. The van der Waals surface area contributed by atoms with Gasteiger partial charge in [0.15, 0.2) is 11.8 Å². The van der Waals surface area contributed by atoms with Crippen LogP contribution in [0.25, 0.3) is 0 Å². The first kappa shape index (κ1) is 22.6. The molecule has 0 unspecified atom stereocenters. The molecule has 1 fully saturated rings. The van der Waals surface area contributed by atoms with Gasteiger partial charge in [0.1, 0.15) is 6.33 Å². The summed E-state index contributed by atoms with van der Waals surface area (Å²) in [5.41, 5.74) is 2.58. The molecule has 1 aromatic heterocycles. The number of aromatic nitrogens is 3. The molecule has 1 saturated heterocycles. The van der Waals surface area contributed by atoms with Gasteiger partial charge in [-0.3, -0.25) is 4.90 Å². The Morgan fingerprint density at radius 2 is 1.93 bits per heavy atom. The highest BCUT2D eigenvalue weighted by Crippen LogP contribution is 2.14. The first-order valence-electron chi connectivity index (χ1n) is 9.48. The van der Waals surface area contributed by atoms with Crippen molar-refractivity contribution in [2.45, 2.75) is 26.6 Å². The fourth-order valence-corrected chi connectivity index (χ4v) is 3.00. The molecular formula is C19H30IN7O. The van der Waals surface area contributed by atoms with Gasteiger partial charge in [-0.15, -0.1) is 34.2 Å². The first-order valence-corrected chi connectivity index (χ1v) is 9.48. The van der Waals surface area contributed by atoms with Gasteiger partial charge in [-0.2, -0.15) is 0 Å². The zero-order valence-corrected chi connectivity index (χ0v) is 18.9. The van der Waals surface area contributed by atoms with Gasteiger partial charge in [-0.05, 0) is 18.1 Å². The van der Waals surface area contributed by atoms with E-state index in [4.69, 9.17) is 9.73 Å². The van der Waals surface area contributed by atoms with Crippen molar-refractivity contribution >= 4 is 29.9 Å². The van der Waals surface area contributed by atoms with Gasteiger partial charge in [0, 0.05) is 33.2 Å². The summed E-state index contributed by atoms with van der Waals surface area (Å²) in [6, 6.07) is 8.53. The molecule has 0 radical (unpaired) electrons. The summed E-state index contributed by atoms with van der Waals surface area (Å²) in [5.74, 6) is 1.65. The standard InChI is InChI=1S/C19H29N7O.HI/c1-3-20-19(22-13-18-24-23-15-25(18)2)21-12-16-6-4-5-7-17(16)14-26-8-10-27-11-9-26;/h4-7,15H,3,8-14H2,1-2H3,(H2,20,21,22);1H. The molecular weight excluding hydrogens is 469 g/mol. The van der Waals surface area contributed by atoms with Crippen LogP contribution in [0.1, 0.15) is 23.9 Å². The van der Waals surface area contributed by atoms with Crippen molar-refractivity contribution in [1.29, 1.82) is 0 Å². The molecule has 28 heavy (non-hydrogen) atoms. The van der Waals surface area contributed by atoms with Gasteiger partial charge < -0.3 is 19.9 Å². The summed E-state index contributed by atoms with van der Waals surface area (Å²) in [7, 11) is 1.93. The summed E-state index contributed by atoms with van der Waals surface area (Å²) in [6.45, 7) is 8.63. The van der Waals surface area contributed by atoms with Gasteiger partial charge in [0.25, 0.3) is 0 Å². The molecule has 0 saturated carbocycles. The average molecular weight is 499 g/mol. The van der Waals surface area contributed by atoms with Crippen molar-refractivity contribution in [2.24, 2.45) is 12.0 Å². The van der Waals surface area contributed by atoms with Gasteiger partial charge in [-0.25, -0.2) is 4.99 Å². The molecule has 8 nitrogen and oxygen atoms in total. The number of benzene rings is 1. The number of nitrogens with one attached hydrogen (secondary N) is 2. The minimum atomic E-state index is 0. The number of morpholine rings is 1. The van der Waals surface area contributed by atoms with Crippen LogP contribution in [0.15, 0.2) is 35.6 Å². The Labute approximate surface area is 183 Å². The Morgan fingerprint density at radius 3 is 2.61 bits per heavy atom. The van der Waals surface area contributed by atoms with Crippen molar-refractivity contribution in [3.8, 4) is 0 Å². The van der Waals surface area contributed by atoms with E-state index >= 15 is 0 Å². The highest BCUT2D eigenvalue weighted by molar-refractivity contribution is 14.0. The monoisotopic (exact) mass is 499 g/mol. The molecule has 1 aliphatic heterocycles. The minimum Gasteiger partial charge on any atom is -0.379 e. The quantitative estimate of drug-likeness (QED) is 0.342. The van der Waals surface area contributed by atoms with E-state index in [9.17, 15) is 0 Å². The fraction of sp³-hybridized carbons (Fsp3) is 0.526. The van der Waals surface area contributed by atoms with Crippen LogP contribution in [-0.4, -0.2) is 58.5 Å². The summed E-state index contributed by atoms with van der Waals surface area (Å²) < 4.78 is 7.35. The number of ether oxygens (including phenoxy) is 1. The maximum Gasteiger partial charge on any atom is 0.191 e. The van der Waals surface area contributed by atoms with Crippen molar-refractivity contribution in [3.63, 3.8) is 0 Å². The zero-order valence-electron chi connectivity index (χ0n) is 16.6. The highest BCUT2D eigenvalue weighted by atomic mass is 127. The van der Waals surface area contributed by atoms with Crippen LogP contribution in [0.2, 0.25) is 0 Å². The van der Waals surface area contributed by atoms with Crippen molar-refractivity contribution in [3.05, 3.63) is 47.5 Å². The Hall–Kier alpha value is -1.72. The lowest BCUT2D eigenvalue weighted by molar-refractivity contribution is 0.0341. The Balaban J connectivity index is 0.00000280. The average Bonchev–Trinajstić information content (AvgIpc) is 3.11. The first-order chi connectivity index (χ1) is 13.3. The number of aryl methyl sites for hydroxylation is 1. The van der Waals surface area contributed by atoms with Gasteiger partial charge >= 0.3 is 0 Å². The van der Waals surface area contributed by atoms with E-state index in [-0.39, 0.29) is 24.0 Å². The second-order valence-electron chi connectivity index (χ2n) is 6.56. The number of aliphatic imine (C=N–C) groups is 1. The smallest absolute Gasteiger partial charge is 0.191 e. The molecule has 0 amide bonds. The highest BCUT2D eigenvalue weighted by Gasteiger charge is 2.12. The molecule has 2 N–H and O–H groups in total. The Morgan fingerprint density at radius 1 is 1.18 bits per heavy atom. The fourth-order valence-electron chi connectivity index (χ4n) is 3.00. The topological polar surface area (TPSA) is 79.6 Å². The molecule has 0 bridgehead atoms. The van der Waals surface area contributed by atoms with Crippen LogP contribution in [0.5, 0.6) is 0 Å². The maximum absolute atomic E-state index is 5.45. The van der Waals surface area contributed by atoms with Gasteiger partial charge in [-0.1, -0.05) is 24.3 Å². The van der Waals surface area contributed by atoms with E-state index in [0.29, 0.717) is 13.1 Å². The number of halogens is 1. The third-order valence-corrected chi connectivity index (χ3v) is 4.59. The molecule has 154 valence electrons. The summed E-state index contributed by atoms with van der Waals surface area (Å²) in [5, 5.41) is 14.6. The second kappa shape index (κ2) is 12.0. The number of guanidine groups is 1. The minimum absolute atomic E-state index is 0. The molecule has 1 aliphatic rings. The van der Waals surface area contributed by atoms with Crippen LogP contribution >= 0.6 is 24.0 Å². The summed E-state index contributed by atoms with van der Waals surface area (Å²) in [4.78, 5) is 7.19. The van der Waals surface area contributed by atoms with Crippen molar-refractivity contribution in [1.82, 2.24) is 30.3 Å². The lowest BCUT2D eigenvalue weighted by Crippen LogP contribution is -2.37. The van der Waals surface area contributed by atoms with Crippen LogP contribution in [-0.2, 0) is 31.4 Å². The Bertz CT molecular complexity index is 743. The summed E-state index contributed by atoms with van der Waals surface area (Å²) in [6.07, 6.45) is 1.70. The van der Waals surface area contributed by atoms with E-state index in [2.05, 4.69) is 56.9 Å². The van der Waals surface area contributed by atoms with E-state index in [0.717, 1.165) is 51.2 Å². The predicted octanol–water partition coefficient (Wildman–Crippen LogP) is 1.52. The number of hydrogen-bond acceptors (Lipinski definition) is 5. The lowest BCUT2D eigenvalue weighted by Gasteiger charge is -2.27. The van der Waals surface area contributed by atoms with Gasteiger partial charge in [0.2, 0.25) is 0 Å². The zero-order chi connectivity index (χ0) is 18.9. The van der Waals surface area contributed by atoms with Crippen molar-refractivity contribution < 1.29 is 4.74 Å². The molecule has 0 atom stereocenters. The van der Waals surface area contributed by atoms with Crippen molar-refractivity contribution in [2.75, 3.05) is 32.8 Å². The van der Waals surface area contributed by atoms with Crippen LogP contribution in [0.4, 0.5) is 0 Å². The normalized spacial score (nSPS) is 15.1. The number of hydrogen-bond donors (Lipinski definition) is 2. The van der Waals surface area contributed by atoms with E-state index in [1.165, 1.54) is 11.1 Å². The Kier molecular flexibility index (Phi) is 9.65. The third kappa shape index (κ3) is 6.71. The molecule has 1 aromatic carbocycles. The SMILES string of the molecule is CCNC(=NCc1ccccc1CN1CCOCC1)NCc1nncn1C.I. The van der Waals surface area contributed by atoms with Gasteiger partial charge in [0.05, 0.1) is 26.3 Å². The van der Waals surface area contributed by atoms with E-state index < -0.39 is 0 Å². The third-order valence-electron chi connectivity index (χ3n) is 4.59. The number of nitrogens with zero attached hydrogens (tertiary/aromatic N) is 5. The molecule has 0 spiro atoms. The second-order valence-corrected chi connectivity index (χ2v) is 6.56. The molecule has 0 aliphatic carbocycles. The largest absolute Gasteiger partial charge is 0.379 e. The molecule has 2 aromatic rings. The maximum atomic E-state index is 5.45. The van der Waals surface area contributed by atoms with E-state index in [1.807, 2.05) is 11.6 Å². The summed E-state index contributed by atoms with van der Waals surface area (Å²) >= 11 is 0. The molecule has 3 rings (SSSR count). The van der Waals surface area contributed by atoms with Crippen LogP contribution in [0, 0.1) is 0 Å². The van der Waals surface area contributed by atoms with E-state index in [1.54, 1.807) is 6.33 Å². The predicted molar refractivity (Wildman–Crippen MR) is 121 cm³/mol. The van der Waals surface area contributed by atoms with Crippen LogP contribution < -0.4 is 10.6 Å². The number of rotatable bonds is 7.